The van der Waals surface area contributed by atoms with Crippen molar-refractivity contribution in [2.24, 2.45) is 5.92 Å². The predicted molar refractivity (Wildman–Crippen MR) is 150 cm³/mol. The van der Waals surface area contributed by atoms with Gasteiger partial charge in [0, 0.05) is 37.3 Å². The highest BCUT2D eigenvalue weighted by Crippen LogP contribution is 2.34. The largest absolute Gasteiger partial charge is 0.481 e. The second kappa shape index (κ2) is 12.4. The summed E-state index contributed by atoms with van der Waals surface area (Å²) in [6.45, 7) is 2.28. The molecule has 0 bridgehead atoms. The second-order valence-corrected chi connectivity index (χ2v) is 10.8. The van der Waals surface area contributed by atoms with E-state index in [0.29, 0.717) is 43.8 Å². The van der Waals surface area contributed by atoms with E-state index in [4.69, 9.17) is 4.98 Å². The van der Waals surface area contributed by atoms with Crippen LogP contribution < -0.4 is 5.32 Å². The van der Waals surface area contributed by atoms with Gasteiger partial charge in [-0.15, -0.1) is 0 Å². The third-order valence-electron chi connectivity index (χ3n) is 8.10. The van der Waals surface area contributed by atoms with Crippen molar-refractivity contribution in [2.75, 3.05) is 25.0 Å². The second-order valence-electron chi connectivity index (χ2n) is 10.8. The van der Waals surface area contributed by atoms with Gasteiger partial charge >= 0.3 is 5.97 Å². The Bertz CT molecular complexity index is 1310. The number of rotatable bonds is 9. The zero-order chi connectivity index (χ0) is 27.2. The van der Waals surface area contributed by atoms with Crippen LogP contribution in [-0.2, 0) is 22.4 Å². The van der Waals surface area contributed by atoms with Crippen molar-refractivity contribution in [3.8, 4) is 11.1 Å². The van der Waals surface area contributed by atoms with Crippen molar-refractivity contribution in [1.29, 1.82) is 0 Å². The van der Waals surface area contributed by atoms with Crippen LogP contribution in [0.25, 0.3) is 11.1 Å². The molecule has 2 aliphatic rings. The molecule has 2 aliphatic heterocycles. The molecular weight excluding hydrogens is 493 g/mol. The van der Waals surface area contributed by atoms with E-state index in [1.165, 1.54) is 11.6 Å². The average Bonchev–Trinajstić information content (AvgIpc) is 2.96. The van der Waals surface area contributed by atoms with E-state index in [1.54, 1.807) is 6.07 Å². The number of aliphatic carboxylic acids is 1. The van der Waals surface area contributed by atoms with Crippen LogP contribution in [0, 0.1) is 11.7 Å². The predicted octanol–water partition coefficient (Wildman–Crippen LogP) is 6.07. The molecule has 1 unspecified atom stereocenters. The number of carboxylic acid groups (broad SMARTS) is 1. The number of fused-ring (bicyclic) bond motifs is 1. The number of likely N-dealkylation sites (tertiary alicyclic amines) is 1. The molecular formula is C32H36FN3O3. The van der Waals surface area contributed by atoms with Crippen LogP contribution in [-0.4, -0.2) is 46.5 Å². The normalized spacial score (nSPS) is 16.3. The van der Waals surface area contributed by atoms with Crippen molar-refractivity contribution in [3.63, 3.8) is 0 Å². The van der Waals surface area contributed by atoms with Crippen molar-refractivity contribution < 1.29 is 19.1 Å². The van der Waals surface area contributed by atoms with Gasteiger partial charge in [-0.25, -0.2) is 9.37 Å². The maximum Gasteiger partial charge on any atom is 0.303 e. The monoisotopic (exact) mass is 529 g/mol. The summed E-state index contributed by atoms with van der Waals surface area (Å²) in [5.41, 5.74) is 4.22. The minimum Gasteiger partial charge on any atom is -0.481 e. The molecule has 3 aromatic rings. The molecule has 1 fully saturated rings. The number of pyridine rings is 1. The molecule has 0 aliphatic carbocycles. The van der Waals surface area contributed by atoms with Gasteiger partial charge in [0.1, 0.15) is 11.6 Å². The van der Waals surface area contributed by atoms with E-state index in [0.717, 1.165) is 54.9 Å². The van der Waals surface area contributed by atoms with Gasteiger partial charge in [-0.05, 0) is 79.2 Å². The molecule has 1 amide bonds. The molecule has 0 radical (unpaired) electrons. The molecule has 1 atom stereocenters. The van der Waals surface area contributed by atoms with Gasteiger partial charge < -0.3 is 15.3 Å². The molecule has 0 spiro atoms. The first-order valence-corrected chi connectivity index (χ1v) is 14.0. The fourth-order valence-electron chi connectivity index (χ4n) is 5.91. The number of hydrogen-bond acceptors (Lipinski definition) is 4. The molecule has 0 saturated carbocycles. The number of nitrogens with one attached hydrogen (secondary N) is 1. The molecule has 3 heterocycles. The highest BCUT2D eigenvalue weighted by Gasteiger charge is 2.27. The SMILES string of the molecule is O=C(O)CC(CC1CCN(C(=O)CCc2ccc3c(n2)NCCC3)CC1)c1ccc(-c2ccccc2)c(F)c1. The van der Waals surface area contributed by atoms with E-state index in [9.17, 15) is 14.7 Å². The Morgan fingerprint density at radius 1 is 1.08 bits per heavy atom. The lowest BCUT2D eigenvalue weighted by atomic mass is 9.82. The summed E-state index contributed by atoms with van der Waals surface area (Å²) in [6.07, 6.45) is 5.52. The van der Waals surface area contributed by atoms with Crippen LogP contribution in [0.15, 0.2) is 60.7 Å². The number of carbonyl (C=O) groups is 2. The molecule has 7 heteroatoms. The highest BCUT2D eigenvalue weighted by atomic mass is 19.1. The Morgan fingerprint density at radius 3 is 2.62 bits per heavy atom. The third kappa shape index (κ3) is 6.83. The van der Waals surface area contributed by atoms with Gasteiger partial charge in [-0.1, -0.05) is 48.5 Å². The lowest BCUT2D eigenvalue weighted by Crippen LogP contribution is -2.39. The Morgan fingerprint density at radius 2 is 1.87 bits per heavy atom. The molecule has 2 N–H and O–H groups in total. The fourth-order valence-corrected chi connectivity index (χ4v) is 5.91. The maximum atomic E-state index is 15.0. The lowest BCUT2D eigenvalue weighted by Gasteiger charge is -2.34. The summed E-state index contributed by atoms with van der Waals surface area (Å²) in [7, 11) is 0. The third-order valence-corrected chi connectivity index (χ3v) is 8.10. The number of amides is 1. The van der Waals surface area contributed by atoms with Crippen molar-refractivity contribution in [1.82, 2.24) is 9.88 Å². The molecule has 1 aromatic heterocycles. The number of aromatic nitrogens is 1. The maximum absolute atomic E-state index is 15.0. The Kier molecular flexibility index (Phi) is 8.54. The number of carboxylic acids is 1. The fraction of sp³-hybridized carbons (Fsp3) is 0.406. The lowest BCUT2D eigenvalue weighted by molar-refractivity contribution is -0.137. The first kappa shape index (κ1) is 26.9. The molecule has 2 aromatic carbocycles. The van der Waals surface area contributed by atoms with E-state index in [2.05, 4.69) is 11.4 Å². The van der Waals surface area contributed by atoms with Gasteiger partial charge in [-0.2, -0.15) is 0 Å². The van der Waals surface area contributed by atoms with Crippen molar-refractivity contribution >= 4 is 17.7 Å². The summed E-state index contributed by atoms with van der Waals surface area (Å²) >= 11 is 0. The molecule has 5 rings (SSSR count). The van der Waals surface area contributed by atoms with Gasteiger partial charge in [-0.3, -0.25) is 9.59 Å². The van der Waals surface area contributed by atoms with E-state index < -0.39 is 5.97 Å². The Hall–Kier alpha value is -3.74. The van der Waals surface area contributed by atoms with Gasteiger partial charge in [0.25, 0.3) is 0 Å². The standard InChI is InChI=1S/C32H36FN3O3/c33-29-20-25(9-12-28(29)23-5-2-1-3-6-23)26(21-31(38)39)19-22-14-17-36(18-15-22)30(37)13-11-27-10-8-24-7-4-16-34-32(24)35-27/h1-3,5-6,8-10,12,20,22,26H,4,7,11,13-19,21H2,(H,34,35)(H,38,39). The Labute approximate surface area is 229 Å². The van der Waals surface area contributed by atoms with E-state index >= 15 is 4.39 Å². The molecule has 1 saturated heterocycles. The minimum absolute atomic E-state index is 0.0358. The van der Waals surface area contributed by atoms with Crippen LogP contribution in [0.5, 0.6) is 0 Å². The summed E-state index contributed by atoms with van der Waals surface area (Å²) in [4.78, 5) is 31.2. The number of anilines is 1. The molecule has 39 heavy (non-hydrogen) atoms. The molecule has 204 valence electrons. The zero-order valence-electron chi connectivity index (χ0n) is 22.2. The van der Waals surface area contributed by atoms with Crippen LogP contribution in [0.2, 0.25) is 0 Å². The van der Waals surface area contributed by atoms with Gasteiger partial charge in [0.15, 0.2) is 0 Å². The van der Waals surface area contributed by atoms with Crippen LogP contribution in [0.3, 0.4) is 0 Å². The summed E-state index contributed by atoms with van der Waals surface area (Å²) < 4.78 is 15.0. The summed E-state index contributed by atoms with van der Waals surface area (Å²) in [5, 5.41) is 12.9. The van der Waals surface area contributed by atoms with E-state index in [-0.39, 0.29) is 24.1 Å². The number of hydrogen-bond donors (Lipinski definition) is 2. The quantitative estimate of drug-likeness (QED) is 0.352. The van der Waals surface area contributed by atoms with Crippen LogP contribution in [0.1, 0.15) is 61.3 Å². The Balaban J connectivity index is 1.15. The van der Waals surface area contributed by atoms with Crippen LogP contribution >= 0.6 is 0 Å². The number of nitrogens with zero attached hydrogens (tertiary/aromatic N) is 2. The first-order chi connectivity index (χ1) is 19.0. The number of benzene rings is 2. The molecule has 6 nitrogen and oxygen atoms in total. The number of piperidine rings is 1. The van der Waals surface area contributed by atoms with Crippen molar-refractivity contribution in [3.05, 3.63) is 83.3 Å². The average molecular weight is 530 g/mol. The summed E-state index contributed by atoms with van der Waals surface area (Å²) in [5.74, 6) is -0.0923. The number of aryl methyl sites for hydroxylation is 2. The highest BCUT2D eigenvalue weighted by molar-refractivity contribution is 5.76. The zero-order valence-corrected chi connectivity index (χ0v) is 22.2. The number of carbonyl (C=O) groups excluding carboxylic acids is 1. The first-order valence-electron chi connectivity index (χ1n) is 14.0. The number of halogens is 1. The smallest absolute Gasteiger partial charge is 0.303 e. The van der Waals surface area contributed by atoms with Gasteiger partial charge in [0.05, 0.1) is 6.42 Å². The van der Waals surface area contributed by atoms with Crippen LogP contribution in [0.4, 0.5) is 10.2 Å². The minimum atomic E-state index is -0.883. The van der Waals surface area contributed by atoms with Crippen molar-refractivity contribution in [2.45, 2.75) is 57.3 Å². The van der Waals surface area contributed by atoms with Gasteiger partial charge in [0.2, 0.25) is 5.91 Å². The summed E-state index contributed by atoms with van der Waals surface area (Å²) in [6, 6.07) is 18.6. The topological polar surface area (TPSA) is 82.5 Å². The van der Waals surface area contributed by atoms with E-state index in [1.807, 2.05) is 47.4 Å².